The smallest absolute Gasteiger partial charge is 0.321 e. The maximum absolute atomic E-state index is 13.2. The second-order valence-corrected chi connectivity index (χ2v) is 17.1. The standard InChI is InChI=1S/C50H57N9O9/c1-5-58-31-39(36-18-19-51-46-38(36)29-40(53-46)34-9-6-8-32(28-34)30-56(2)3)45(55-58)33-12-14-35(15-13-33)52-50(64)57(4)20-21-65-22-23-66-24-25-67-26-27-68-42-11-7-10-37-44(42)49(63)59(48(37)62)41-16-17-43(60)54-47(41)61/h6-15,18-19,28-29,39,41H,5,16-17,20-27,30-31H2,1-4H3,(H,51,53)(H,52,64)(H,54,60,61). The minimum Gasteiger partial charge on any atom is -0.490 e. The molecule has 5 aromatic rings. The fourth-order valence-electron chi connectivity index (χ4n) is 8.58. The predicted octanol–water partition coefficient (Wildman–Crippen LogP) is 5.11. The molecule has 3 aromatic carbocycles. The number of carbonyl (C=O) groups excluding carboxylic acids is 5. The predicted molar refractivity (Wildman–Crippen MR) is 255 cm³/mol. The van der Waals surface area contributed by atoms with Crippen LogP contribution in [0.3, 0.4) is 0 Å². The molecular formula is C50H57N9O9. The SMILES string of the molecule is CCN1CC(c2ccnc3[nH]c(-c4cccc(CN(C)C)c4)cc23)C(c2ccc(NC(=O)N(C)CCOCCOCCOCCOc3cccc4c3C(=O)N(C3CCC(=O)NC3=O)C4=O)cc2)=N1. The van der Waals surface area contributed by atoms with Crippen molar-refractivity contribution >= 4 is 52.1 Å². The molecule has 0 bridgehead atoms. The van der Waals surface area contributed by atoms with E-state index >= 15 is 0 Å². The van der Waals surface area contributed by atoms with E-state index in [-0.39, 0.29) is 54.9 Å². The Morgan fingerprint density at radius 3 is 2.31 bits per heavy atom. The largest absolute Gasteiger partial charge is 0.490 e. The Morgan fingerprint density at radius 1 is 0.838 bits per heavy atom. The molecule has 3 aliphatic heterocycles. The van der Waals surface area contributed by atoms with E-state index in [9.17, 15) is 24.0 Å². The minimum atomic E-state index is -1.05. The summed E-state index contributed by atoms with van der Waals surface area (Å²) in [5, 5.41) is 13.4. The van der Waals surface area contributed by atoms with Gasteiger partial charge in [0.2, 0.25) is 11.8 Å². The summed E-state index contributed by atoms with van der Waals surface area (Å²) < 4.78 is 22.7. The molecule has 6 amide bonds. The van der Waals surface area contributed by atoms with E-state index in [2.05, 4.69) is 82.9 Å². The molecular weight excluding hydrogens is 871 g/mol. The molecule has 3 aliphatic rings. The lowest BCUT2D eigenvalue weighted by atomic mass is 9.89. The molecule has 8 rings (SSSR count). The average molecular weight is 928 g/mol. The van der Waals surface area contributed by atoms with E-state index in [0.29, 0.717) is 45.3 Å². The third-order valence-electron chi connectivity index (χ3n) is 12.0. The summed E-state index contributed by atoms with van der Waals surface area (Å²) in [7, 11) is 5.85. The summed E-state index contributed by atoms with van der Waals surface area (Å²) in [5.74, 6) is -2.10. The maximum atomic E-state index is 13.2. The number of benzene rings is 3. The molecule has 1 fully saturated rings. The van der Waals surface area contributed by atoms with Gasteiger partial charge in [0, 0.05) is 68.5 Å². The number of fused-ring (bicyclic) bond motifs is 2. The topological polar surface area (TPSA) is 200 Å². The molecule has 2 unspecified atom stereocenters. The third kappa shape index (κ3) is 10.9. The number of rotatable bonds is 21. The molecule has 0 spiro atoms. The van der Waals surface area contributed by atoms with Crippen molar-refractivity contribution in [1.29, 1.82) is 0 Å². The molecule has 0 saturated carbocycles. The maximum Gasteiger partial charge on any atom is 0.321 e. The van der Waals surface area contributed by atoms with Crippen LogP contribution in [-0.4, -0.2) is 158 Å². The lowest BCUT2D eigenvalue weighted by Crippen LogP contribution is -2.54. The summed E-state index contributed by atoms with van der Waals surface area (Å²) in [4.78, 5) is 76.1. The highest BCUT2D eigenvalue weighted by atomic mass is 16.6. The summed E-state index contributed by atoms with van der Waals surface area (Å²) >= 11 is 0. The van der Waals surface area contributed by atoms with Crippen LogP contribution in [0.25, 0.3) is 22.3 Å². The van der Waals surface area contributed by atoms with E-state index in [4.69, 9.17) is 29.0 Å². The van der Waals surface area contributed by atoms with E-state index in [1.54, 1.807) is 24.1 Å². The quantitative estimate of drug-likeness (QED) is 0.0650. The zero-order valence-electron chi connectivity index (χ0n) is 38.8. The Labute approximate surface area is 394 Å². The molecule has 5 heterocycles. The average Bonchev–Trinajstić information content (AvgIpc) is 4.04. The first kappa shape index (κ1) is 47.5. The number of hydrogen-bond acceptors (Lipinski definition) is 13. The first-order valence-corrected chi connectivity index (χ1v) is 22.9. The van der Waals surface area contributed by atoms with Crippen molar-refractivity contribution in [3.63, 3.8) is 0 Å². The van der Waals surface area contributed by atoms with Crippen LogP contribution in [0.2, 0.25) is 0 Å². The second kappa shape index (κ2) is 21.8. The van der Waals surface area contributed by atoms with Crippen LogP contribution < -0.4 is 15.4 Å². The Kier molecular flexibility index (Phi) is 15.2. The molecule has 0 radical (unpaired) electrons. The van der Waals surface area contributed by atoms with E-state index in [0.717, 1.165) is 63.7 Å². The van der Waals surface area contributed by atoms with Gasteiger partial charge in [0.15, 0.2) is 0 Å². The number of likely N-dealkylation sites (N-methyl/N-ethyl adjacent to an activating group) is 2. The summed E-state index contributed by atoms with van der Waals surface area (Å²) in [6.07, 6.45) is 1.97. The van der Waals surface area contributed by atoms with E-state index in [1.165, 1.54) is 11.6 Å². The fourth-order valence-corrected chi connectivity index (χ4v) is 8.58. The number of nitrogens with one attached hydrogen (secondary N) is 3. The normalized spacial score (nSPS) is 17.0. The van der Waals surface area contributed by atoms with Gasteiger partial charge < -0.3 is 39.0 Å². The number of H-pyrrole nitrogens is 1. The number of hydrazone groups is 1. The monoisotopic (exact) mass is 927 g/mol. The number of nitrogens with zero attached hydrogens (tertiary/aromatic N) is 6. The first-order chi connectivity index (χ1) is 33.0. The van der Waals surface area contributed by atoms with Gasteiger partial charge in [-0.25, -0.2) is 9.78 Å². The molecule has 3 N–H and O–H groups in total. The van der Waals surface area contributed by atoms with Gasteiger partial charge in [0.25, 0.3) is 11.8 Å². The zero-order valence-corrected chi connectivity index (χ0v) is 38.8. The number of pyridine rings is 1. The number of ether oxygens (including phenoxy) is 4. The van der Waals surface area contributed by atoms with Gasteiger partial charge in [-0.3, -0.25) is 34.4 Å². The Hall–Kier alpha value is -6.99. The highest BCUT2D eigenvalue weighted by molar-refractivity contribution is 6.24. The number of carbonyl (C=O) groups is 5. The number of piperidine rings is 1. The van der Waals surface area contributed by atoms with Crippen molar-refractivity contribution in [2.45, 2.75) is 38.3 Å². The van der Waals surface area contributed by atoms with Gasteiger partial charge in [0.1, 0.15) is 24.0 Å². The van der Waals surface area contributed by atoms with Crippen LogP contribution >= 0.6 is 0 Å². The van der Waals surface area contributed by atoms with Gasteiger partial charge in [-0.2, -0.15) is 5.10 Å². The van der Waals surface area contributed by atoms with E-state index in [1.807, 2.05) is 30.5 Å². The first-order valence-electron chi connectivity index (χ1n) is 22.9. The van der Waals surface area contributed by atoms with Crippen molar-refractivity contribution in [1.82, 2.24) is 35.0 Å². The molecule has 68 heavy (non-hydrogen) atoms. The number of anilines is 1. The number of urea groups is 1. The Bertz CT molecular complexity index is 2680. The molecule has 2 aromatic heterocycles. The minimum absolute atomic E-state index is 0.0252. The summed E-state index contributed by atoms with van der Waals surface area (Å²) in [6.45, 7) is 6.79. The van der Waals surface area contributed by atoms with Gasteiger partial charge in [-0.15, -0.1) is 0 Å². The fraction of sp³-hybridized carbons (Fsp3) is 0.380. The van der Waals surface area contributed by atoms with Crippen molar-refractivity contribution in [3.05, 3.63) is 113 Å². The van der Waals surface area contributed by atoms with Crippen molar-refractivity contribution < 1.29 is 42.9 Å². The Balaban J connectivity index is 0.729. The highest BCUT2D eigenvalue weighted by Gasteiger charge is 2.46. The van der Waals surface area contributed by atoms with Crippen LogP contribution in [0, 0.1) is 0 Å². The van der Waals surface area contributed by atoms with E-state index < -0.39 is 29.7 Å². The third-order valence-corrected chi connectivity index (χ3v) is 12.0. The number of amides is 6. The van der Waals surface area contributed by atoms with Crippen molar-refractivity contribution in [2.24, 2.45) is 5.10 Å². The number of aromatic amines is 1. The number of imide groups is 2. The lowest BCUT2D eigenvalue weighted by Gasteiger charge is -2.27. The number of hydrogen-bond donors (Lipinski definition) is 3. The van der Waals surface area contributed by atoms with Crippen LogP contribution in [0.15, 0.2) is 90.2 Å². The van der Waals surface area contributed by atoms with Crippen LogP contribution in [0.5, 0.6) is 5.75 Å². The van der Waals surface area contributed by atoms with Crippen molar-refractivity contribution in [3.8, 4) is 17.0 Å². The van der Waals surface area contributed by atoms with Gasteiger partial charge in [-0.1, -0.05) is 36.4 Å². The van der Waals surface area contributed by atoms with Gasteiger partial charge >= 0.3 is 6.03 Å². The summed E-state index contributed by atoms with van der Waals surface area (Å²) in [6, 6.07) is 24.1. The van der Waals surface area contributed by atoms with Crippen molar-refractivity contribution in [2.75, 3.05) is 92.3 Å². The summed E-state index contributed by atoms with van der Waals surface area (Å²) in [5.41, 5.74) is 8.24. The zero-order chi connectivity index (χ0) is 47.7. The van der Waals surface area contributed by atoms with Crippen LogP contribution in [0.1, 0.15) is 63.1 Å². The lowest BCUT2D eigenvalue weighted by molar-refractivity contribution is -0.136. The molecule has 2 atom stereocenters. The van der Waals surface area contributed by atoms with Gasteiger partial charge in [-0.05, 0) is 92.2 Å². The Morgan fingerprint density at radius 2 is 1.57 bits per heavy atom. The van der Waals surface area contributed by atoms with Gasteiger partial charge in [0.05, 0.1) is 56.5 Å². The van der Waals surface area contributed by atoms with Crippen LogP contribution in [-0.2, 0) is 30.3 Å². The molecule has 18 nitrogen and oxygen atoms in total. The molecule has 18 heteroatoms. The number of aromatic nitrogens is 2. The molecule has 356 valence electrons. The van der Waals surface area contributed by atoms with Crippen LogP contribution in [0.4, 0.5) is 10.5 Å². The molecule has 1 saturated heterocycles. The molecule has 0 aliphatic carbocycles. The second-order valence-electron chi connectivity index (χ2n) is 17.1. The highest BCUT2D eigenvalue weighted by Crippen LogP contribution is 2.36.